The molecule has 0 saturated carbocycles. The Kier molecular flexibility index (Phi) is 5.85. The van der Waals surface area contributed by atoms with Crippen molar-refractivity contribution in [2.45, 2.75) is 6.92 Å². The quantitative estimate of drug-likeness (QED) is 0.508. The minimum Gasteiger partial charge on any atom is -0.450 e. The average Bonchev–Trinajstić information content (AvgIpc) is 3.23. The molecule has 0 atom stereocenters. The van der Waals surface area contributed by atoms with Gasteiger partial charge in [-0.15, -0.1) is 0 Å². The van der Waals surface area contributed by atoms with Crippen molar-refractivity contribution in [1.29, 1.82) is 5.26 Å². The van der Waals surface area contributed by atoms with Crippen molar-refractivity contribution >= 4 is 23.3 Å². The average molecular weight is 388 g/mol. The Balaban J connectivity index is 1.56. The molecule has 7 heteroatoms. The predicted octanol–water partition coefficient (Wildman–Crippen LogP) is 3.82. The van der Waals surface area contributed by atoms with Crippen LogP contribution in [0.4, 0.5) is 5.69 Å². The summed E-state index contributed by atoms with van der Waals surface area (Å²) in [5, 5.41) is 11.3. The van der Waals surface area contributed by atoms with Gasteiger partial charge in [-0.05, 0) is 43.3 Å². The number of carbonyl (C=O) groups is 3. The molecule has 7 nitrogen and oxygen atoms in total. The van der Waals surface area contributed by atoms with Crippen molar-refractivity contribution in [3.63, 3.8) is 0 Å². The highest BCUT2D eigenvalue weighted by Gasteiger charge is 2.15. The number of nitriles is 1. The van der Waals surface area contributed by atoms with E-state index in [0.29, 0.717) is 28.1 Å². The van der Waals surface area contributed by atoms with Gasteiger partial charge in [0, 0.05) is 16.8 Å². The van der Waals surface area contributed by atoms with Gasteiger partial charge in [0.1, 0.15) is 5.76 Å². The van der Waals surface area contributed by atoms with E-state index in [0.717, 1.165) is 0 Å². The first-order chi connectivity index (χ1) is 14.0. The van der Waals surface area contributed by atoms with Crippen molar-refractivity contribution in [3.8, 4) is 17.4 Å². The largest absolute Gasteiger partial charge is 0.450 e. The fraction of sp³-hybridized carbons (Fsp3) is 0.0909. The highest BCUT2D eigenvalue weighted by atomic mass is 16.5. The Morgan fingerprint density at radius 2 is 1.69 bits per heavy atom. The molecule has 1 N–H and O–H groups in total. The molecule has 0 aliphatic carbocycles. The Labute approximate surface area is 166 Å². The topological polar surface area (TPSA) is 109 Å². The van der Waals surface area contributed by atoms with Crippen LogP contribution < -0.4 is 5.32 Å². The van der Waals surface area contributed by atoms with E-state index in [2.05, 4.69) is 5.32 Å². The minimum atomic E-state index is -0.772. The number of amides is 1. The third-order valence-electron chi connectivity index (χ3n) is 4.02. The van der Waals surface area contributed by atoms with E-state index in [9.17, 15) is 14.4 Å². The molecule has 1 heterocycles. The molecular weight excluding hydrogens is 372 g/mol. The lowest BCUT2D eigenvalue weighted by atomic mass is 10.1. The zero-order valence-electron chi connectivity index (χ0n) is 15.5. The molecule has 2 aromatic carbocycles. The van der Waals surface area contributed by atoms with Crippen molar-refractivity contribution < 1.29 is 23.5 Å². The fourth-order valence-electron chi connectivity index (χ4n) is 2.50. The second-order valence-corrected chi connectivity index (χ2v) is 6.11. The van der Waals surface area contributed by atoms with Gasteiger partial charge in [-0.3, -0.25) is 9.59 Å². The zero-order valence-corrected chi connectivity index (χ0v) is 15.5. The van der Waals surface area contributed by atoms with Crippen LogP contribution >= 0.6 is 0 Å². The lowest BCUT2D eigenvalue weighted by molar-refractivity contribution is -0.119. The number of hydrogen-bond acceptors (Lipinski definition) is 6. The molecule has 0 spiro atoms. The molecule has 0 radical (unpaired) electrons. The highest BCUT2D eigenvalue weighted by Crippen LogP contribution is 2.23. The van der Waals surface area contributed by atoms with Gasteiger partial charge in [0.05, 0.1) is 11.6 Å². The third kappa shape index (κ3) is 4.96. The van der Waals surface area contributed by atoms with Crippen LogP contribution in [0.2, 0.25) is 0 Å². The maximum Gasteiger partial charge on any atom is 0.374 e. The molecule has 1 aromatic heterocycles. The molecule has 0 bridgehead atoms. The molecule has 0 fully saturated rings. The summed E-state index contributed by atoms with van der Waals surface area (Å²) >= 11 is 0. The monoisotopic (exact) mass is 388 g/mol. The van der Waals surface area contributed by atoms with Gasteiger partial charge in [0.15, 0.2) is 12.4 Å². The molecule has 0 aliphatic heterocycles. The van der Waals surface area contributed by atoms with Crippen molar-refractivity contribution in [3.05, 3.63) is 77.6 Å². The number of ketones is 1. The normalized spacial score (nSPS) is 10.1. The van der Waals surface area contributed by atoms with Crippen LogP contribution in [0.15, 0.2) is 65.1 Å². The van der Waals surface area contributed by atoms with E-state index in [1.807, 2.05) is 6.07 Å². The first kappa shape index (κ1) is 19.6. The Hall–Kier alpha value is -4.18. The summed E-state index contributed by atoms with van der Waals surface area (Å²) in [7, 11) is 0. The molecule has 3 rings (SSSR count). The smallest absolute Gasteiger partial charge is 0.374 e. The van der Waals surface area contributed by atoms with E-state index < -0.39 is 18.5 Å². The molecule has 144 valence electrons. The highest BCUT2D eigenvalue weighted by molar-refractivity contribution is 5.95. The van der Waals surface area contributed by atoms with Crippen molar-refractivity contribution in [2.75, 3.05) is 11.9 Å². The molecule has 1 amide bonds. The van der Waals surface area contributed by atoms with Crippen molar-refractivity contribution in [2.24, 2.45) is 0 Å². The fourth-order valence-corrected chi connectivity index (χ4v) is 2.50. The van der Waals surface area contributed by atoms with Crippen LogP contribution in [0.25, 0.3) is 11.3 Å². The molecule has 0 unspecified atom stereocenters. The van der Waals surface area contributed by atoms with Gasteiger partial charge in [-0.1, -0.05) is 24.3 Å². The lowest BCUT2D eigenvalue weighted by Crippen LogP contribution is -2.20. The van der Waals surface area contributed by atoms with Crippen LogP contribution in [0, 0.1) is 11.3 Å². The van der Waals surface area contributed by atoms with Crippen LogP contribution in [0.5, 0.6) is 0 Å². The zero-order chi connectivity index (χ0) is 20.8. The number of anilines is 1. The first-order valence-corrected chi connectivity index (χ1v) is 8.64. The van der Waals surface area contributed by atoms with E-state index in [4.69, 9.17) is 14.4 Å². The standard InChI is InChI=1S/C22H16N2O5/c1-14(25)16-4-6-17(7-5-16)19-10-11-20(29-19)22(27)28-13-21(26)24-18-8-2-15(12-23)3-9-18/h2-11H,13H2,1H3,(H,24,26). The SMILES string of the molecule is CC(=O)c1ccc(-c2ccc(C(=O)OCC(=O)Nc3ccc(C#N)cc3)o2)cc1. The van der Waals surface area contributed by atoms with Gasteiger partial charge < -0.3 is 14.5 Å². The first-order valence-electron chi connectivity index (χ1n) is 8.64. The lowest BCUT2D eigenvalue weighted by Gasteiger charge is -2.05. The number of rotatable bonds is 6. The summed E-state index contributed by atoms with van der Waals surface area (Å²) < 4.78 is 10.5. The maximum absolute atomic E-state index is 12.1. The molecular formula is C22H16N2O5. The summed E-state index contributed by atoms with van der Waals surface area (Å²) in [6.45, 7) is 0.996. The van der Waals surface area contributed by atoms with Gasteiger partial charge >= 0.3 is 5.97 Å². The molecule has 0 aliphatic rings. The van der Waals surface area contributed by atoms with Gasteiger partial charge in [-0.2, -0.15) is 5.26 Å². The summed E-state index contributed by atoms with van der Waals surface area (Å²) in [6.07, 6.45) is 0. The van der Waals surface area contributed by atoms with E-state index >= 15 is 0 Å². The number of carbonyl (C=O) groups excluding carboxylic acids is 3. The Morgan fingerprint density at radius 3 is 2.31 bits per heavy atom. The second kappa shape index (κ2) is 8.67. The van der Waals surface area contributed by atoms with Crippen LogP contribution in [-0.2, 0) is 9.53 Å². The third-order valence-corrected chi connectivity index (χ3v) is 4.02. The number of esters is 1. The number of nitrogens with zero attached hydrogens (tertiary/aromatic N) is 1. The number of benzene rings is 2. The Bertz CT molecular complexity index is 1090. The summed E-state index contributed by atoms with van der Waals surface area (Å²) in [5.74, 6) is -0.934. The van der Waals surface area contributed by atoms with E-state index in [1.54, 1.807) is 54.6 Å². The molecule has 0 saturated heterocycles. The summed E-state index contributed by atoms with van der Waals surface area (Å²) in [4.78, 5) is 35.3. The number of Topliss-reactive ketones (excluding diaryl/α,β-unsaturated/α-hetero) is 1. The number of furan rings is 1. The van der Waals surface area contributed by atoms with Gasteiger partial charge in [0.25, 0.3) is 5.91 Å². The van der Waals surface area contributed by atoms with Crippen molar-refractivity contribution in [1.82, 2.24) is 0 Å². The van der Waals surface area contributed by atoms with Gasteiger partial charge in [0.2, 0.25) is 5.76 Å². The molecule has 3 aromatic rings. The van der Waals surface area contributed by atoms with Crippen LogP contribution in [0.1, 0.15) is 33.4 Å². The summed E-state index contributed by atoms with van der Waals surface area (Å²) in [6, 6.07) is 18.1. The number of hydrogen-bond donors (Lipinski definition) is 1. The van der Waals surface area contributed by atoms with Gasteiger partial charge in [-0.25, -0.2) is 4.79 Å². The number of nitrogens with one attached hydrogen (secondary N) is 1. The van der Waals surface area contributed by atoms with Crippen LogP contribution in [-0.4, -0.2) is 24.3 Å². The second-order valence-electron chi connectivity index (χ2n) is 6.11. The molecule has 29 heavy (non-hydrogen) atoms. The Morgan fingerprint density at radius 1 is 1.00 bits per heavy atom. The van der Waals surface area contributed by atoms with E-state index in [1.165, 1.54) is 13.0 Å². The van der Waals surface area contributed by atoms with E-state index in [-0.39, 0.29) is 11.5 Å². The number of ether oxygens (including phenoxy) is 1. The summed E-state index contributed by atoms with van der Waals surface area (Å²) in [5.41, 5.74) is 2.24. The van der Waals surface area contributed by atoms with Crippen LogP contribution in [0.3, 0.4) is 0 Å². The predicted molar refractivity (Wildman–Crippen MR) is 104 cm³/mol. The maximum atomic E-state index is 12.1. The minimum absolute atomic E-state index is 0.0400.